The molecule has 1 fully saturated rings. The summed E-state index contributed by atoms with van der Waals surface area (Å²) in [5, 5.41) is 0. The number of rotatable bonds is 4. The Balaban J connectivity index is 2.07. The number of Topliss-reactive ketones (excluding diaryl/α,β-unsaturated/α-hetero) is 1. The molecule has 2 rings (SSSR count). The molecular formula is C15H19BrFNO. The van der Waals surface area contributed by atoms with E-state index in [1.165, 1.54) is 12.1 Å². The number of carbonyl (C=O) groups excluding carboxylic acids is 1. The van der Waals surface area contributed by atoms with Crippen LogP contribution in [0.5, 0.6) is 0 Å². The molecule has 0 saturated heterocycles. The Hall–Kier alpha value is -0.740. The lowest BCUT2D eigenvalue weighted by atomic mass is 9.76. The lowest BCUT2D eigenvalue weighted by Crippen LogP contribution is -2.33. The van der Waals surface area contributed by atoms with Crippen molar-refractivity contribution in [1.29, 1.82) is 0 Å². The highest BCUT2D eigenvalue weighted by molar-refractivity contribution is 9.10. The second-order valence-corrected chi connectivity index (χ2v) is 6.22. The Morgan fingerprint density at radius 3 is 2.74 bits per heavy atom. The van der Waals surface area contributed by atoms with Gasteiger partial charge in [-0.15, -0.1) is 0 Å². The van der Waals surface area contributed by atoms with Crippen molar-refractivity contribution in [2.75, 3.05) is 6.54 Å². The summed E-state index contributed by atoms with van der Waals surface area (Å²) >= 11 is 3.25. The minimum Gasteiger partial charge on any atom is -0.330 e. The maximum absolute atomic E-state index is 13.3. The van der Waals surface area contributed by atoms with Crippen LogP contribution in [0.4, 0.5) is 4.39 Å². The average Bonchev–Trinajstić information content (AvgIpc) is 2.37. The summed E-state index contributed by atoms with van der Waals surface area (Å²) in [5.74, 6) is 0.253. The molecule has 19 heavy (non-hydrogen) atoms. The number of carbonyl (C=O) groups is 1. The van der Waals surface area contributed by atoms with Gasteiger partial charge in [-0.3, -0.25) is 4.79 Å². The average molecular weight is 328 g/mol. The van der Waals surface area contributed by atoms with E-state index in [0.29, 0.717) is 23.4 Å². The number of benzene rings is 1. The van der Waals surface area contributed by atoms with Crippen LogP contribution in [0.25, 0.3) is 0 Å². The largest absolute Gasteiger partial charge is 0.330 e. The monoisotopic (exact) mass is 327 g/mol. The Bertz CT molecular complexity index is 443. The van der Waals surface area contributed by atoms with E-state index in [-0.39, 0.29) is 17.5 Å². The first-order valence-electron chi connectivity index (χ1n) is 6.78. The van der Waals surface area contributed by atoms with Gasteiger partial charge in [0.2, 0.25) is 0 Å². The van der Waals surface area contributed by atoms with Gasteiger partial charge in [0.05, 0.1) is 0 Å². The van der Waals surface area contributed by atoms with Crippen LogP contribution in [0.1, 0.15) is 31.2 Å². The van der Waals surface area contributed by atoms with E-state index in [1.54, 1.807) is 6.07 Å². The molecule has 0 spiro atoms. The van der Waals surface area contributed by atoms with Crippen LogP contribution < -0.4 is 5.73 Å². The van der Waals surface area contributed by atoms with Gasteiger partial charge in [0.15, 0.2) is 0 Å². The molecule has 2 atom stereocenters. The van der Waals surface area contributed by atoms with Crippen molar-refractivity contribution in [3.8, 4) is 0 Å². The van der Waals surface area contributed by atoms with Crippen LogP contribution in [0, 0.1) is 17.7 Å². The highest BCUT2D eigenvalue weighted by atomic mass is 79.9. The number of halogens is 2. The van der Waals surface area contributed by atoms with Crippen LogP contribution >= 0.6 is 15.9 Å². The Morgan fingerprint density at radius 1 is 1.32 bits per heavy atom. The summed E-state index contributed by atoms with van der Waals surface area (Å²) in [6, 6.07) is 4.64. The number of hydrogen-bond acceptors (Lipinski definition) is 2. The highest BCUT2D eigenvalue weighted by Gasteiger charge is 2.29. The van der Waals surface area contributed by atoms with E-state index >= 15 is 0 Å². The normalized spacial score (nSPS) is 23.3. The van der Waals surface area contributed by atoms with Crippen molar-refractivity contribution in [1.82, 2.24) is 0 Å². The van der Waals surface area contributed by atoms with Crippen LogP contribution in [0.2, 0.25) is 0 Å². The summed E-state index contributed by atoms with van der Waals surface area (Å²) in [5.41, 5.74) is 6.49. The van der Waals surface area contributed by atoms with Crippen LogP contribution in [-0.2, 0) is 11.2 Å². The van der Waals surface area contributed by atoms with Crippen molar-refractivity contribution in [2.24, 2.45) is 17.6 Å². The molecule has 0 bridgehead atoms. The molecule has 0 amide bonds. The van der Waals surface area contributed by atoms with Gasteiger partial charge in [-0.2, -0.15) is 0 Å². The molecule has 1 aliphatic carbocycles. The minimum absolute atomic E-state index is 0.0563. The van der Waals surface area contributed by atoms with E-state index < -0.39 is 0 Å². The molecule has 104 valence electrons. The predicted octanol–water partition coefficient (Wildman–Crippen LogP) is 3.46. The van der Waals surface area contributed by atoms with E-state index in [4.69, 9.17) is 5.73 Å². The van der Waals surface area contributed by atoms with Gasteiger partial charge in [0.1, 0.15) is 11.6 Å². The molecule has 0 aliphatic heterocycles. The predicted molar refractivity (Wildman–Crippen MR) is 77.3 cm³/mol. The first-order valence-corrected chi connectivity index (χ1v) is 7.57. The van der Waals surface area contributed by atoms with Crippen LogP contribution in [-0.4, -0.2) is 12.3 Å². The van der Waals surface area contributed by atoms with E-state index in [0.717, 1.165) is 31.2 Å². The first-order chi connectivity index (χ1) is 9.10. The summed E-state index contributed by atoms with van der Waals surface area (Å²) < 4.78 is 14.0. The number of nitrogens with two attached hydrogens (primary N) is 1. The second kappa shape index (κ2) is 6.62. The summed E-state index contributed by atoms with van der Waals surface area (Å²) in [7, 11) is 0. The standard InChI is InChI=1S/C15H19BrFNO/c16-12-5-10(6-13(17)8-12)7-15(19)14-4-2-1-3-11(14)9-18/h5-6,8,11,14H,1-4,7,9,18H2. The maximum Gasteiger partial charge on any atom is 0.140 e. The quantitative estimate of drug-likeness (QED) is 0.920. The molecule has 0 aromatic heterocycles. The Labute approximate surface area is 121 Å². The molecular weight excluding hydrogens is 309 g/mol. The van der Waals surface area contributed by atoms with Crippen LogP contribution in [0.3, 0.4) is 0 Å². The smallest absolute Gasteiger partial charge is 0.140 e. The highest BCUT2D eigenvalue weighted by Crippen LogP contribution is 2.31. The molecule has 1 aliphatic rings. The molecule has 1 saturated carbocycles. The summed E-state index contributed by atoms with van der Waals surface area (Å²) in [6.07, 6.45) is 4.53. The van der Waals surface area contributed by atoms with E-state index in [9.17, 15) is 9.18 Å². The lowest BCUT2D eigenvalue weighted by Gasteiger charge is -2.29. The molecule has 2 unspecified atom stereocenters. The van der Waals surface area contributed by atoms with Crippen molar-refractivity contribution in [3.63, 3.8) is 0 Å². The third-order valence-corrected chi connectivity index (χ3v) is 4.38. The topological polar surface area (TPSA) is 43.1 Å². The lowest BCUT2D eigenvalue weighted by molar-refractivity contribution is -0.124. The molecule has 2 N–H and O–H groups in total. The second-order valence-electron chi connectivity index (χ2n) is 5.31. The van der Waals surface area contributed by atoms with Crippen molar-refractivity contribution in [3.05, 3.63) is 34.1 Å². The number of hydrogen-bond donors (Lipinski definition) is 1. The molecule has 2 nitrogen and oxygen atoms in total. The molecule has 4 heteroatoms. The van der Waals surface area contributed by atoms with E-state index in [1.807, 2.05) is 0 Å². The van der Waals surface area contributed by atoms with Gasteiger partial charge >= 0.3 is 0 Å². The molecule has 0 heterocycles. The van der Waals surface area contributed by atoms with Gasteiger partial charge in [0, 0.05) is 16.8 Å². The SMILES string of the molecule is NCC1CCCCC1C(=O)Cc1cc(F)cc(Br)c1. The zero-order valence-corrected chi connectivity index (χ0v) is 12.5. The van der Waals surface area contributed by atoms with Crippen LogP contribution in [0.15, 0.2) is 22.7 Å². The fourth-order valence-corrected chi connectivity index (χ4v) is 3.47. The Morgan fingerprint density at radius 2 is 2.05 bits per heavy atom. The summed E-state index contributed by atoms with van der Waals surface area (Å²) in [6.45, 7) is 0.573. The van der Waals surface area contributed by atoms with Gasteiger partial charge in [0.25, 0.3) is 0 Å². The van der Waals surface area contributed by atoms with Gasteiger partial charge in [-0.25, -0.2) is 4.39 Å². The maximum atomic E-state index is 13.3. The first kappa shape index (κ1) is 14.7. The zero-order valence-electron chi connectivity index (χ0n) is 10.9. The molecule has 1 aromatic carbocycles. The van der Waals surface area contributed by atoms with Gasteiger partial charge < -0.3 is 5.73 Å². The minimum atomic E-state index is -0.309. The van der Waals surface area contributed by atoms with Crippen molar-refractivity contribution < 1.29 is 9.18 Å². The third-order valence-electron chi connectivity index (χ3n) is 3.93. The fourth-order valence-electron chi connectivity index (χ4n) is 2.96. The van der Waals surface area contributed by atoms with Crippen molar-refractivity contribution in [2.45, 2.75) is 32.1 Å². The Kier molecular flexibility index (Phi) is 5.11. The molecule has 0 radical (unpaired) electrons. The van der Waals surface area contributed by atoms with Gasteiger partial charge in [-0.1, -0.05) is 28.8 Å². The fraction of sp³-hybridized carbons (Fsp3) is 0.533. The van der Waals surface area contributed by atoms with Gasteiger partial charge in [-0.05, 0) is 49.1 Å². The molecule has 1 aromatic rings. The summed E-state index contributed by atoms with van der Waals surface area (Å²) in [4.78, 5) is 12.4. The van der Waals surface area contributed by atoms with E-state index in [2.05, 4.69) is 15.9 Å². The number of ketones is 1. The zero-order chi connectivity index (χ0) is 13.8. The third kappa shape index (κ3) is 3.86. The van der Waals surface area contributed by atoms with Crippen molar-refractivity contribution >= 4 is 21.7 Å².